The van der Waals surface area contributed by atoms with Gasteiger partial charge in [-0.3, -0.25) is 4.79 Å². The maximum absolute atomic E-state index is 13.2. The Bertz CT molecular complexity index is 1280. The highest BCUT2D eigenvalue weighted by Gasteiger charge is 2.26. The standard InChI is InChI=1S/C24H23FN6OS/c1-16-14-26-24(28-22(16)21-4-3-13-33-21)31-17(2)20(15-27-31)23(32)30-11-9-29(10-12-30)19-7-5-18(25)6-8-19/h3-8,13-15H,9-12H2,1-2H3. The average Bonchev–Trinajstić information content (AvgIpc) is 3.50. The fourth-order valence-corrected chi connectivity index (χ4v) is 4.79. The fraction of sp³-hybridized carbons (Fsp3) is 0.250. The van der Waals surface area contributed by atoms with E-state index in [2.05, 4.69) is 15.0 Å². The molecule has 4 aromatic rings. The van der Waals surface area contributed by atoms with Gasteiger partial charge in [-0.1, -0.05) is 6.07 Å². The Hall–Kier alpha value is -3.59. The van der Waals surface area contributed by atoms with Crippen LogP contribution in [0.15, 0.2) is 54.2 Å². The Balaban J connectivity index is 1.33. The quantitative estimate of drug-likeness (QED) is 0.457. The maximum Gasteiger partial charge on any atom is 0.257 e. The minimum Gasteiger partial charge on any atom is -0.368 e. The highest BCUT2D eigenvalue weighted by molar-refractivity contribution is 7.13. The van der Waals surface area contributed by atoms with Crippen LogP contribution >= 0.6 is 11.3 Å². The van der Waals surface area contributed by atoms with Crippen molar-refractivity contribution in [1.82, 2.24) is 24.6 Å². The first kappa shape index (κ1) is 21.3. The van der Waals surface area contributed by atoms with Crippen molar-refractivity contribution in [2.75, 3.05) is 31.1 Å². The summed E-state index contributed by atoms with van der Waals surface area (Å²) in [5.41, 5.74) is 4.08. The lowest BCUT2D eigenvalue weighted by molar-refractivity contribution is 0.0746. The number of aryl methyl sites for hydroxylation is 1. The summed E-state index contributed by atoms with van der Waals surface area (Å²) in [5, 5.41) is 6.44. The van der Waals surface area contributed by atoms with Crippen LogP contribution in [0.2, 0.25) is 0 Å². The minimum atomic E-state index is -0.250. The van der Waals surface area contributed by atoms with Gasteiger partial charge in [0.1, 0.15) is 5.82 Å². The van der Waals surface area contributed by atoms with E-state index in [1.807, 2.05) is 36.3 Å². The molecule has 4 heterocycles. The molecule has 0 saturated carbocycles. The first-order chi connectivity index (χ1) is 16.0. The Labute approximate surface area is 195 Å². The van der Waals surface area contributed by atoms with Crippen molar-refractivity contribution in [2.45, 2.75) is 13.8 Å². The first-order valence-electron chi connectivity index (χ1n) is 10.7. The molecule has 0 radical (unpaired) electrons. The van der Waals surface area contributed by atoms with Crippen LogP contribution in [0.5, 0.6) is 0 Å². The zero-order chi connectivity index (χ0) is 22.9. The molecule has 0 aliphatic carbocycles. The number of hydrogen-bond acceptors (Lipinski definition) is 6. The minimum absolute atomic E-state index is 0.0527. The molecule has 1 amide bonds. The summed E-state index contributed by atoms with van der Waals surface area (Å²) in [6.07, 6.45) is 3.38. The SMILES string of the molecule is Cc1cnc(-n2ncc(C(=O)N3CCN(c4ccc(F)cc4)CC3)c2C)nc1-c1cccs1. The number of benzene rings is 1. The van der Waals surface area contributed by atoms with Crippen LogP contribution in [0, 0.1) is 19.7 Å². The van der Waals surface area contributed by atoms with E-state index in [0.717, 1.165) is 21.8 Å². The Morgan fingerprint density at radius 3 is 2.48 bits per heavy atom. The Morgan fingerprint density at radius 1 is 1.03 bits per heavy atom. The van der Waals surface area contributed by atoms with Crippen molar-refractivity contribution in [1.29, 1.82) is 0 Å². The summed E-state index contributed by atoms with van der Waals surface area (Å²) in [6, 6.07) is 10.5. The highest BCUT2D eigenvalue weighted by Crippen LogP contribution is 2.26. The summed E-state index contributed by atoms with van der Waals surface area (Å²) in [7, 11) is 0. The molecule has 168 valence electrons. The normalized spacial score (nSPS) is 14.0. The van der Waals surface area contributed by atoms with Gasteiger partial charge in [-0.25, -0.2) is 19.0 Å². The number of halogens is 1. The van der Waals surface area contributed by atoms with Gasteiger partial charge in [-0.15, -0.1) is 11.3 Å². The van der Waals surface area contributed by atoms with E-state index in [-0.39, 0.29) is 11.7 Å². The van der Waals surface area contributed by atoms with Gasteiger partial charge in [-0.2, -0.15) is 5.10 Å². The smallest absolute Gasteiger partial charge is 0.257 e. The van der Waals surface area contributed by atoms with Crippen molar-refractivity contribution in [3.8, 4) is 16.5 Å². The third-order valence-corrected chi connectivity index (χ3v) is 6.78. The van der Waals surface area contributed by atoms with E-state index in [0.29, 0.717) is 43.4 Å². The molecule has 0 bridgehead atoms. The van der Waals surface area contributed by atoms with Crippen LogP contribution in [0.1, 0.15) is 21.6 Å². The third-order valence-electron chi connectivity index (χ3n) is 5.90. The van der Waals surface area contributed by atoms with Crippen molar-refractivity contribution >= 4 is 22.9 Å². The van der Waals surface area contributed by atoms with Gasteiger partial charge < -0.3 is 9.80 Å². The van der Waals surface area contributed by atoms with Gasteiger partial charge in [0, 0.05) is 38.1 Å². The average molecular weight is 463 g/mol. The van der Waals surface area contributed by atoms with E-state index in [1.165, 1.54) is 12.1 Å². The first-order valence-corrected chi connectivity index (χ1v) is 11.6. The van der Waals surface area contributed by atoms with E-state index in [1.54, 1.807) is 40.5 Å². The molecule has 0 N–H and O–H groups in total. The summed E-state index contributed by atoms with van der Waals surface area (Å²) >= 11 is 1.62. The van der Waals surface area contributed by atoms with Crippen molar-refractivity contribution < 1.29 is 9.18 Å². The number of thiophene rings is 1. The number of amides is 1. The molecule has 33 heavy (non-hydrogen) atoms. The zero-order valence-corrected chi connectivity index (χ0v) is 19.2. The lowest BCUT2D eigenvalue weighted by atomic mass is 10.2. The molecule has 1 saturated heterocycles. The van der Waals surface area contributed by atoms with Crippen LogP contribution in [-0.2, 0) is 0 Å². The topological polar surface area (TPSA) is 67.2 Å². The molecule has 1 aliphatic rings. The Morgan fingerprint density at radius 2 is 1.79 bits per heavy atom. The molecule has 0 unspecified atom stereocenters. The maximum atomic E-state index is 13.2. The second kappa shape index (κ2) is 8.74. The molecule has 1 aromatic carbocycles. The largest absolute Gasteiger partial charge is 0.368 e. The van der Waals surface area contributed by atoms with Crippen LogP contribution in [0.4, 0.5) is 10.1 Å². The van der Waals surface area contributed by atoms with Crippen molar-refractivity contribution in [2.24, 2.45) is 0 Å². The molecule has 0 atom stereocenters. The van der Waals surface area contributed by atoms with Gasteiger partial charge in [0.05, 0.1) is 28.0 Å². The number of anilines is 1. The second-order valence-electron chi connectivity index (χ2n) is 7.99. The van der Waals surface area contributed by atoms with E-state index in [9.17, 15) is 9.18 Å². The molecule has 5 rings (SSSR count). The molecular formula is C24H23FN6OS. The molecule has 7 nitrogen and oxygen atoms in total. The molecular weight excluding hydrogens is 439 g/mol. The number of piperazine rings is 1. The van der Waals surface area contributed by atoms with Crippen LogP contribution in [-0.4, -0.2) is 56.7 Å². The fourth-order valence-electron chi connectivity index (χ4n) is 4.01. The number of carbonyl (C=O) groups is 1. The van der Waals surface area contributed by atoms with Crippen LogP contribution < -0.4 is 4.90 Å². The predicted molar refractivity (Wildman–Crippen MR) is 126 cm³/mol. The molecule has 1 aliphatic heterocycles. The third kappa shape index (κ3) is 4.11. The van der Waals surface area contributed by atoms with Gasteiger partial charge in [0.2, 0.25) is 0 Å². The number of hydrogen-bond donors (Lipinski definition) is 0. The Kier molecular flexibility index (Phi) is 5.63. The summed E-state index contributed by atoms with van der Waals surface area (Å²) in [5.74, 6) is 0.143. The molecule has 0 spiro atoms. The van der Waals surface area contributed by atoms with E-state index >= 15 is 0 Å². The van der Waals surface area contributed by atoms with Crippen LogP contribution in [0.25, 0.3) is 16.5 Å². The van der Waals surface area contributed by atoms with Gasteiger partial charge in [0.25, 0.3) is 11.9 Å². The summed E-state index contributed by atoms with van der Waals surface area (Å²) in [4.78, 5) is 27.5. The van der Waals surface area contributed by atoms with Crippen molar-refractivity contribution in [3.05, 3.63) is 76.8 Å². The number of rotatable bonds is 4. The van der Waals surface area contributed by atoms with Gasteiger partial charge in [-0.05, 0) is 55.1 Å². The predicted octanol–water partition coefficient (Wildman–Crippen LogP) is 4.11. The van der Waals surface area contributed by atoms with Gasteiger partial charge >= 0.3 is 0 Å². The number of carbonyl (C=O) groups excluding carboxylic acids is 1. The monoisotopic (exact) mass is 462 g/mol. The second-order valence-corrected chi connectivity index (χ2v) is 8.94. The van der Waals surface area contributed by atoms with Gasteiger partial charge in [0.15, 0.2) is 0 Å². The molecule has 3 aromatic heterocycles. The summed E-state index contributed by atoms with van der Waals surface area (Å²) < 4.78 is 14.8. The lowest BCUT2D eigenvalue weighted by Crippen LogP contribution is -2.48. The molecule has 1 fully saturated rings. The highest BCUT2D eigenvalue weighted by atomic mass is 32.1. The number of nitrogens with zero attached hydrogens (tertiary/aromatic N) is 6. The number of aromatic nitrogens is 4. The van der Waals surface area contributed by atoms with Crippen LogP contribution in [0.3, 0.4) is 0 Å². The summed E-state index contributed by atoms with van der Waals surface area (Å²) in [6.45, 7) is 6.40. The van der Waals surface area contributed by atoms with E-state index in [4.69, 9.17) is 4.98 Å². The van der Waals surface area contributed by atoms with E-state index < -0.39 is 0 Å². The zero-order valence-electron chi connectivity index (χ0n) is 18.4. The van der Waals surface area contributed by atoms with Crippen molar-refractivity contribution in [3.63, 3.8) is 0 Å². The molecule has 9 heteroatoms. The lowest BCUT2D eigenvalue weighted by Gasteiger charge is -2.36.